The Bertz CT molecular complexity index is 1120. The molecule has 0 aliphatic rings. The minimum atomic E-state index is -0.504. The maximum Gasteiger partial charge on any atom is 0.325 e. The van der Waals surface area contributed by atoms with Crippen molar-refractivity contribution in [1.82, 2.24) is 15.2 Å². The number of carbonyl (C=O) groups is 1. The zero-order valence-electron chi connectivity index (χ0n) is 14.8. The van der Waals surface area contributed by atoms with Crippen molar-refractivity contribution < 1.29 is 9.18 Å². The first-order valence-electron chi connectivity index (χ1n) is 8.42. The van der Waals surface area contributed by atoms with Gasteiger partial charge < -0.3 is 5.32 Å². The fraction of sp³-hybridized carbons (Fsp3) is 0.0526. The van der Waals surface area contributed by atoms with Crippen molar-refractivity contribution in [3.05, 3.63) is 70.9 Å². The van der Waals surface area contributed by atoms with Gasteiger partial charge in [0.1, 0.15) is 5.82 Å². The van der Waals surface area contributed by atoms with Crippen molar-refractivity contribution in [1.29, 1.82) is 0 Å². The van der Waals surface area contributed by atoms with Gasteiger partial charge in [0, 0.05) is 29.4 Å². The molecule has 0 bridgehead atoms. The normalized spacial score (nSPS) is 10.7. The molecule has 6 nitrogen and oxygen atoms in total. The summed E-state index contributed by atoms with van der Waals surface area (Å²) >= 11 is 4.44. The molecule has 0 fully saturated rings. The predicted octanol–water partition coefficient (Wildman–Crippen LogP) is 5.74. The van der Waals surface area contributed by atoms with Gasteiger partial charge in [-0.3, -0.25) is 10.3 Å². The summed E-state index contributed by atoms with van der Waals surface area (Å²) in [4.78, 5) is 16.3. The number of pyridine rings is 1. The van der Waals surface area contributed by atoms with E-state index in [0.29, 0.717) is 16.6 Å². The van der Waals surface area contributed by atoms with E-state index in [0.717, 1.165) is 21.0 Å². The van der Waals surface area contributed by atoms with E-state index in [1.807, 2.05) is 17.8 Å². The van der Waals surface area contributed by atoms with Crippen molar-refractivity contribution in [2.45, 2.75) is 10.1 Å². The van der Waals surface area contributed by atoms with Gasteiger partial charge in [-0.15, -0.1) is 10.2 Å². The molecule has 29 heavy (non-hydrogen) atoms. The SMILES string of the molecule is O=C(Nc1cccc(F)c1)Nc1nnc(SCc2cncc(-c3ccsc3)c2)s1. The molecule has 146 valence electrons. The highest BCUT2D eigenvalue weighted by Gasteiger charge is 2.10. The van der Waals surface area contributed by atoms with Gasteiger partial charge in [-0.2, -0.15) is 11.3 Å². The number of carbonyl (C=O) groups excluding carboxylic acids is 1. The molecule has 0 atom stereocenters. The van der Waals surface area contributed by atoms with Crippen molar-refractivity contribution in [2.75, 3.05) is 10.6 Å². The molecule has 1 aromatic carbocycles. The van der Waals surface area contributed by atoms with Crippen LogP contribution >= 0.6 is 34.4 Å². The number of urea groups is 1. The number of nitrogens with zero attached hydrogens (tertiary/aromatic N) is 3. The number of aromatic nitrogens is 3. The third kappa shape index (κ3) is 5.37. The number of thioether (sulfide) groups is 1. The smallest absolute Gasteiger partial charge is 0.308 e. The predicted molar refractivity (Wildman–Crippen MR) is 116 cm³/mol. The van der Waals surface area contributed by atoms with E-state index in [1.165, 1.54) is 41.3 Å². The van der Waals surface area contributed by atoms with Crippen LogP contribution in [0, 0.1) is 5.82 Å². The van der Waals surface area contributed by atoms with E-state index in [4.69, 9.17) is 0 Å². The Labute approximate surface area is 178 Å². The molecule has 0 spiro atoms. The largest absolute Gasteiger partial charge is 0.325 e. The van der Waals surface area contributed by atoms with E-state index in [1.54, 1.807) is 17.4 Å². The van der Waals surface area contributed by atoms with Crippen LogP contribution in [-0.4, -0.2) is 21.2 Å². The molecule has 3 aromatic heterocycles. The van der Waals surface area contributed by atoms with Crippen LogP contribution in [0.25, 0.3) is 11.1 Å². The van der Waals surface area contributed by atoms with Gasteiger partial charge in [0.2, 0.25) is 5.13 Å². The van der Waals surface area contributed by atoms with Gasteiger partial charge in [0.15, 0.2) is 4.34 Å². The first-order valence-corrected chi connectivity index (χ1v) is 11.2. The van der Waals surface area contributed by atoms with Gasteiger partial charge in [-0.1, -0.05) is 29.2 Å². The molecule has 4 rings (SSSR count). The molecule has 0 aliphatic heterocycles. The summed E-state index contributed by atoms with van der Waals surface area (Å²) < 4.78 is 13.9. The molecular formula is C19H14FN5OS3. The molecule has 3 heterocycles. The van der Waals surface area contributed by atoms with Crippen molar-refractivity contribution in [3.63, 3.8) is 0 Å². The molecule has 10 heteroatoms. The number of amides is 2. The Kier molecular flexibility index (Phi) is 6.13. The van der Waals surface area contributed by atoms with Crippen LogP contribution in [-0.2, 0) is 5.75 Å². The number of halogens is 1. The lowest BCUT2D eigenvalue weighted by atomic mass is 10.1. The lowest BCUT2D eigenvalue weighted by Gasteiger charge is -2.04. The highest BCUT2D eigenvalue weighted by molar-refractivity contribution is 8.00. The number of benzene rings is 1. The average molecular weight is 444 g/mol. The third-order valence-corrected chi connectivity index (χ3v) is 6.45. The van der Waals surface area contributed by atoms with E-state index in [2.05, 4.69) is 43.3 Å². The fourth-order valence-corrected chi connectivity index (χ4v) is 4.78. The molecule has 0 radical (unpaired) electrons. The van der Waals surface area contributed by atoms with Gasteiger partial charge in [-0.05, 0) is 52.2 Å². The Balaban J connectivity index is 1.32. The summed E-state index contributed by atoms with van der Waals surface area (Å²) in [6.45, 7) is 0. The van der Waals surface area contributed by atoms with Gasteiger partial charge >= 0.3 is 6.03 Å². The second-order valence-electron chi connectivity index (χ2n) is 5.85. The molecule has 2 N–H and O–H groups in total. The standard InChI is InChI=1S/C19H14FN5OS3/c20-15-2-1-3-16(7-15)22-17(26)23-18-24-25-19(29-18)28-10-12-6-14(9-21-8-12)13-4-5-27-11-13/h1-9,11H,10H2,(H2,22,23,24,26). The Morgan fingerprint density at radius 1 is 1.10 bits per heavy atom. The van der Waals surface area contributed by atoms with E-state index >= 15 is 0 Å². The van der Waals surface area contributed by atoms with Crippen LogP contribution in [0.15, 0.2) is 63.9 Å². The summed E-state index contributed by atoms with van der Waals surface area (Å²) in [6, 6.07) is 9.33. The zero-order valence-corrected chi connectivity index (χ0v) is 17.3. The molecule has 0 saturated carbocycles. The minimum Gasteiger partial charge on any atom is -0.308 e. The lowest BCUT2D eigenvalue weighted by Crippen LogP contribution is -2.19. The maximum absolute atomic E-state index is 13.2. The molecule has 0 unspecified atom stereocenters. The molecular weight excluding hydrogens is 429 g/mol. The number of hydrogen-bond acceptors (Lipinski definition) is 7. The van der Waals surface area contributed by atoms with E-state index in [-0.39, 0.29) is 0 Å². The highest BCUT2D eigenvalue weighted by atomic mass is 32.2. The molecule has 2 amide bonds. The first kappa shape index (κ1) is 19.5. The summed E-state index contributed by atoms with van der Waals surface area (Å²) in [5.74, 6) is 0.268. The van der Waals surface area contributed by atoms with E-state index in [9.17, 15) is 9.18 Å². The maximum atomic E-state index is 13.2. The van der Waals surface area contributed by atoms with Gasteiger partial charge in [-0.25, -0.2) is 9.18 Å². The van der Waals surface area contributed by atoms with Crippen LogP contribution in [0.4, 0.5) is 20.0 Å². The summed E-state index contributed by atoms with van der Waals surface area (Å²) in [5, 5.41) is 17.7. The van der Waals surface area contributed by atoms with Gasteiger partial charge in [0.25, 0.3) is 0 Å². The number of thiophene rings is 1. The summed E-state index contributed by atoms with van der Waals surface area (Å²) in [5.41, 5.74) is 3.67. The summed E-state index contributed by atoms with van der Waals surface area (Å²) in [6.07, 6.45) is 3.68. The van der Waals surface area contributed by atoms with Crippen LogP contribution in [0.2, 0.25) is 0 Å². The average Bonchev–Trinajstić information content (AvgIpc) is 3.39. The monoisotopic (exact) mass is 443 g/mol. The Morgan fingerprint density at radius 3 is 2.86 bits per heavy atom. The van der Waals surface area contributed by atoms with Crippen LogP contribution in [0.5, 0.6) is 0 Å². The van der Waals surface area contributed by atoms with E-state index < -0.39 is 11.8 Å². The zero-order chi connectivity index (χ0) is 20.1. The Morgan fingerprint density at radius 2 is 2.03 bits per heavy atom. The van der Waals surface area contributed by atoms with Crippen molar-refractivity contribution in [2.24, 2.45) is 0 Å². The second kappa shape index (κ2) is 9.12. The number of hydrogen-bond donors (Lipinski definition) is 2. The third-order valence-electron chi connectivity index (χ3n) is 3.72. The molecule has 4 aromatic rings. The van der Waals surface area contributed by atoms with Crippen molar-refractivity contribution >= 4 is 51.3 Å². The lowest BCUT2D eigenvalue weighted by molar-refractivity contribution is 0.262. The highest BCUT2D eigenvalue weighted by Crippen LogP contribution is 2.29. The molecule has 0 saturated heterocycles. The minimum absolute atomic E-state index is 0.361. The first-order chi connectivity index (χ1) is 14.2. The van der Waals surface area contributed by atoms with Gasteiger partial charge in [0.05, 0.1) is 0 Å². The Hall–Kier alpha value is -2.82. The second-order valence-corrected chi connectivity index (χ2v) is 8.83. The fourth-order valence-electron chi connectivity index (χ4n) is 2.44. The number of anilines is 2. The quantitative estimate of drug-likeness (QED) is 0.294. The number of rotatable bonds is 6. The van der Waals surface area contributed by atoms with Crippen LogP contribution in [0.1, 0.15) is 5.56 Å². The summed E-state index contributed by atoms with van der Waals surface area (Å²) in [7, 11) is 0. The van der Waals surface area contributed by atoms with Crippen molar-refractivity contribution in [3.8, 4) is 11.1 Å². The topological polar surface area (TPSA) is 79.8 Å². The number of nitrogens with one attached hydrogen (secondary N) is 2. The van der Waals surface area contributed by atoms with Crippen LogP contribution in [0.3, 0.4) is 0 Å². The van der Waals surface area contributed by atoms with Crippen LogP contribution < -0.4 is 10.6 Å². The molecule has 0 aliphatic carbocycles.